The average Bonchev–Trinajstić information content (AvgIpc) is 2.77. The first kappa shape index (κ1) is 14.6. The molecule has 0 aliphatic rings. The number of aromatic nitrogens is 2. The average molecular weight is 258 g/mol. The Hall–Kier alpha value is -1.51. The van der Waals surface area contributed by atoms with Crippen LogP contribution in [0.5, 0.6) is 0 Å². The normalized spacial score (nSPS) is 12.6. The fourth-order valence-electron chi connectivity index (χ4n) is 1.46. The smallest absolute Gasteiger partial charge is 0.306 e. The largest absolute Gasteiger partial charge is 0.396 e. The third-order valence-corrected chi connectivity index (χ3v) is 2.37. The Morgan fingerprint density at radius 3 is 2.94 bits per heavy atom. The lowest BCUT2D eigenvalue weighted by Crippen LogP contribution is -2.31. The van der Waals surface area contributed by atoms with E-state index in [0.717, 1.165) is 25.6 Å². The van der Waals surface area contributed by atoms with E-state index in [0.29, 0.717) is 6.54 Å². The van der Waals surface area contributed by atoms with Crippen LogP contribution < -0.4 is 5.32 Å². The Kier molecular flexibility index (Phi) is 6.26. The van der Waals surface area contributed by atoms with Crippen LogP contribution in [-0.2, 0) is 6.54 Å². The summed E-state index contributed by atoms with van der Waals surface area (Å²) >= 11 is 0. The maximum Gasteiger partial charge on any atom is 0.306 e. The second-order valence-electron chi connectivity index (χ2n) is 3.97. The zero-order valence-electron chi connectivity index (χ0n) is 10.0. The molecule has 0 spiro atoms. The zero-order chi connectivity index (χ0) is 13.4. The van der Waals surface area contributed by atoms with E-state index in [1.54, 1.807) is 0 Å². The molecular weight excluding hydrogens is 240 g/mol. The molecule has 3 N–H and O–H groups in total. The van der Waals surface area contributed by atoms with Crippen molar-refractivity contribution in [2.45, 2.75) is 25.5 Å². The minimum Gasteiger partial charge on any atom is -0.396 e. The molecule has 1 atom stereocenters. The van der Waals surface area contributed by atoms with Crippen LogP contribution in [0, 0.1) is 10.1 Å². The Balaban J connectivity index is 2.22. The number of aliphatic hydroxyl groups excluding tert-OH is 2. The number of nitro groups is 1. The summed E-state index contributed by atoms with van der Waals surface area (Å²) in [5, 5.41) is 35.5. The number of unbranched alkanes of at least 4 members (excludes halogenated alkanes) is 1. The van der Waals surface area contributed by atoms with Crippen molar-refractivity contribution < 1.29 is 15.1 Å². The van der Waals surface area contributed by atoms with Crippen LogP contribution in [0.1, 0.15) is 12.8 Å². The van der Waals surface area contributed by atoms with Gasteiger partial charge in [0.05, 0.1) is 17.6 Å². The van der Waals surface area contributed by atoms with E-state index in [-0.39, 0.29) is 18.8 Å². The molecule has 0 aromatic carbocycles. The van der Waals surface area contributed by atoms with E-state index in [1.165, 1.54) is 10.9 Å². The van der Waals surface area contributed by atoms with Gasteiger partial charge in [-0.3, -0.25) is 14.8 Å². The summed E-state index contributed by atoms with van der Waals surface area (Å²) in [6.07, 6.45) is 3.36. The Morgan fingerprint density at radius 2 is 2.33 bits per heavy atom. The van der Waals surface area contributed by atoms with E-state index in [1.807, 2.05) is 0 Å². The van der Waals surface area contributed by atoms with Gasteiger partial charge in [-0.2, -0.15) is 5.10 Å². The summed E-state index contributed by atoms with van der Waals surface area (Å²) in [7, 11) is 0. The van der Waals surface area contributed by atoms with Gasteiger partial charge in [-0.1, -0.05) is 0 Å². The number of rotatable bonds is 9. The van der Waals surface area contributed by atoms with Crippen molar-refractivity contribution in [2.24, 2.45) is 0 Å². The van der Waals surface area contributed by atoms with Gasteiger partial charge in [-0.15, -0.1) is 0 Å². The topological polar surface area (TPSA) is 113 Å². The molecular formula is C10H18N4O4. The minimum absolute atomic E-state index is 0.0851. The molecule has 18 heavy (non-hydrogen) atoms. The molecule has 0 saturated carbocycles. The number of nitrogens with one attached hydrogen (secondary N) is 1. The van der Waals surface area contributed by atoms with Crippen molar-refractivity contribution in [1.29, 1.82) is 0 Å². The van der Waals surface area contributed by atoms with Gasteiger partial charge in [0.1, 0.15) is 12.4 Å². The van der Waals surface area contributed by atoms with Crippen molar-refractivity contribution in [3.05, 3.63) is 22.5 Å². The first-order chi connectivity index (χ1) is 8.63. The summed E-state index contributed by atoms with van der Waals surface area (Å²) < 4.78 is 1.35. The first-order valence-corrected chi connectivity index (χ1v) is 5.80. The van der Waals surface area contributed by atoms with Crippen molar-refractivity contribution in [1.82, 2.24) is 15.1 Å². The van der Waals surface area contributed by atoms with Gasteiger partial charge in [-0.05, 0) is 19.4 Å². The minimum atomic E-state index is -0.654. The SMILES string of the molecule is O=[N+]([O-])c1cnn(CC(O)CNCCCCO)c1. The molecule has 0 aliphatic heterocycles. The molecule has 0 saturated heterocycles. The van der Waals surface area contributed by atoms with Gasteiger partial charge in [-0.25, -0.2) is 0 Å². The molecule has 1 aromatic heterocycles. The molecule has 0 aliphatic carbocycles. The van der Waals surface area contributed by atoms with Crippen LogP contribution in [-0.4, -0.2) is 50.7 Å². The summed E-state index contributed by atoms with van der Waals surface area (Å²) in [5.74, 6) is 0. The van der Waals surface area contributed by atoms with Crippen molar-refractivity contribution in [3.63, 3.8) is 0 Å². The molecule has 1 rings (SSSR count). The van der Waals surface area contributed by atoms with E-state index >= 15 is 0 Å². The molecule has 1 heterocycles. The Morgan fingerprint density at radius 1 is 1.56 bits per heavy atom. The fourth-order valence-corrected chi connectivity index (χ4v) is 1.46. The van der Waals surface area contributed by atoms with E-state index < -0.39 is 11.0 Å². The Bertz CT molecular complexity index is 369. The van der Waals surface area contributed by atoms with Crippen molar-refractivity contribution in [3.8, 4) is 0 Å². The third-order valence-electron chi connectivity index (χ3n) is 2.37. The lowest BCUT2D eigenvalue weighted by atomic mass is 10.3. The van der Waals surface area contributed by atoms with Crippen LogP contribution >= 0.6 is 0 Å². The summed E-state index contributed by atoms with van der Waals surface area (Å²) in [4.78, 5) is 9.90. The second-order valence-corrected chi connectivity index (χ2v) is 3.97. The predicted molar refractivity (Wildman–Crippen MR) is 64.1 cm³/mol. The summed E-state index contributed by atoms with van der Waals surface area (Å²) in [6.45, 7) is 1.48. The number of aliphatic hydroxyl groups is 2. The van der Waals surface area contributed by atoms with Crippen molar-refractivity contribution in [2.75, 3.05) is 19.7 Å². The number of nitrogens with zero attached hydrogens (tertiary/aromatic N) is 3. The highest BCUT2D eigenvalue weighted by atomic mass is 16.6. The monoisotopic (exact) mass is 258 g/mol. The van der Waals surface area contributed by atoms with Crippen LogP contribution in [0.2, 0.25) is 0 Å². The maximum atomic E-state index is 10.4. The van der Waals surface area contributed by atoms with Gasteiger partial charge in [0.2, 0.25) is 0 Å². The molecule has 1 unspecified atom stereocenters. The Labute approximate surface area is 104 Å². The zero-order valence-corrected chi connectivity index (χ0v) is 10.0. The van der Waals surface area contributed by atoms with Gasteiger partial charge in [0, 0.05) is 13.2 Å². The van der Waals surface area contributed by atoms with E-state index in [2.05, 4.69) is 10.4 Å². The molecule has 1 aromatic rings. The van der Waals surface area contributed by atoms with Crippen LogP contribution in [0.25, 0.3) is 0 Å². The predicted octanol–water partition coefficient (Wildman–Crippen LogP) is -0.486. The molecule has 0 bridgehead atoms. The lowest BCUT2D eigenvalue weighted by molar-refractivity contribution is -0.385. The first-order valence-electron chi connectivity index (χ1n) is 5.80. The summed E-state index contributed by atoms with van der Waals surface area (Å²) in [6, 6.07) is 0. The number of hydrogen-bond acceptors (Lipinski definition) is 6. The lowest BCUT2D eigenvalue weighted by Gasteiger charge is -2.11. The van der Waals surface area contributed by atoms with Gasteiger partial charge >= 0.3 is 5.69 Å². The maximum absolute atomic E-state index is 10.4. The molecule has 8 heteroatoms. The van der Waals surface area contributed by atoms with Crippen LogP contribution in [0.3, 0.4) is 0 Å². The standard InChI is InChI=1S/C10H18N4O4/c15-4-2-1-3-11-6-10(16)8-13-7-9(5-12-13)14(17)18/h5,7,10-11,15-16H,1-4,6,8H2. The molecule has 0 fully saturated rings. The van der Waals surface area contributed by atoms with E-state index in [9.17, 15) is 15.2 Å². The quantitative estimate of drug-likeness (QED) is 0.313. The highest BCUT2D eigenvalue weighted by Crippen LogP contribution is 2.07. The van der Waals surface area contributed by atoms with E-state index in [4.69, 9.17) is 5.11 Å². The highest BCUT2D eigenvalue weighted by Gasteiger charge is 2.11. The van der Waals surface area contributed by atoms with Gasteiger partial charge in [0.25, 0.3) is 0 Å². The second kappa shape index (κ2) is 7.75. The fraction of sp³-hybridized carbons (Fsp3) is 0.700. The molecule has 0 amide bonds. The van der Waals surface area contributed by atoms with Gasteiger partial charge < -0.3 is 15.5 Å². The van der Waals surface area contributed by atoms with Crippen LogP contribution in [0.4, 0.5) is 5.69 Å². The third kappa shape index (κ3) is 5.21. The molecule has 0 radical (unpaired) electrons. The molecule has 8 nitrogen and oxygen atoms in total. The number of hydrogen-bond donors (Lipinski definition) is 3. The van der Waals surface area contributed by atoms with Crippen molar-refractivity contribution >= 4 is 5.69 Å². The van der Waals surface area contributed by atoms with Crippen LogP contribution in [0.15, 0.2) is 12.4 Å². The highest BCUT2D eigenvalue weighted by molar-refractivity contribution is 5.20. The summed E-state index contributed by atoms with van der Waals surface area (Å²) in [5.41, 5.74) is -0.0851. The van der Waals surface area contributed by atoms with Gasteiger partial charge in [0.15, 0.2) is 0 Å². The molecule has 102 valence electrons.